The van der Waals surface area contributed by atoms with Gasteiger partial charge in [-0.1, -0.05) is 0 Å². The Labute approximate surface area is 190 Å². The van der Waals surface area contributed by atoms with Gasteiger partial charge in [-0.05, 0) is 50.5 Å². The second kappa shape index (κ2) is 9.76. The number of nitrogens with one attached hydrogen (secondary N) is 1. The number of fused-ring (bicyclic) bond motifs is 1. The van der Waals surface area contributed by atoms with E-state index >= 15 is 0 Å². The fraction of sp³-hybridized carbons (Fsp3) is 0.391. The van der Waals surface area contributed by atoms with Crippen LogP contribution in [0.15, 0.2) is 36.4 Å². The standard InChI is InChI=1S/C23H25N3O7/c1-15(22(27)24-16-5-7-17(8-6-16)25-9-3-2-4-10-25)33-23(28)18-13-20-21(32-12-11-31-20)14-19(18)26(29)30/h5-8,13-15H,2-4,9-12H2,1H3,(H,24,27). The summed E-state index contributed by atoms with van der Waals surface area (Å²) in [5.41, 5.74) is 0.868. The first-order valence-electron chi connectivity index (χ1n) is 10.9. The summed E-state index contributed by atoms with van der Waals surface area (Å²) >= 11 is 0. The van der Waals surface area contributed by atoms with Crippen LogP contribution in [0.5, 0.6) is 11.5 Å². The van der Waals surface area contributed by atoms with E-state index in [1.807, 2.05) is 12.1 Å². The van der Waals surface area contributed by atoms with Crippen LogP contribution in [0.1, 0.15) is 36.5 Å². The van der Waals surface area contributed by atoms with Gasteiger partial charge in [-0.25, -0.2) is 4.79 Å². The summed E-state index contributed by atoms with van der Waals surface area (Å²) < 4.78 is 15.9. The van der Waals surface area contributed by atoms with Gasteiger partial charge in [0.15, 0.2) is 17.6 Å². The van der Waals surface area contributed by atoms with Gasteiger partial charge in [0.05, 0.1) is 11.0 Å². The molecule has 1 N–H and O–H groups in total. The zero-order chi connectivity index (χ0) is 23.4. The summed E-state index contributed by atoms with van der Waals surface area (Å²) in [6, 6.07) is 9.80. The molecule has 174 valence electrons. The monoisotopic (exact) mass is 455 g/mol. The summed E-state index contributed by atoms with van der Waals surface area (Å²) in [7, 11) is 0. The highest BCUT2D eigenvalue weighted by atomic mass is 16.6. The lowest BCUT2D eigenvalue weighted by Crippen LogP contribution is -2.30. The smallest absolute Gasteiger partial charge is 0.346 e. The molecule has 2 aliphatic heterocycles. The topological polar surface area (TPSA) is 120 Å². The minimum absolute atomic E-state index is 0.184. The molecule has 2 aromatic carbocycles. The Balaban J connectivity index is 1.40. The van der Waals surface area contributed by atoms with Crippen LogP contribution in [0.3, 0.4) is 0 Å². The van der Waals surface area contributed by atoms with E-state index in [9.17, 15) is 19.7 Å². The van der Waals surface area contributed by atoms with E-state index in [4.69, 9.17) is 14.2 Å². The minimum Gasteiger partial charge on any atom is -0.486 e. The van der Waals surface area contributed by atoms with Crippen molar-refractivity contribution in [3.63, 3.8) is 0 Å². The fourth-order valence-corrected chi connectivity index (χ4v) is 3.82. The molecule has 0 spiro atoms. The first-order chi connectivity index (χ1) is 15.9. The fourth-order valence-electron chi connectivity index (χ4n) is 3.82. The average Bonchev–Trinajstić information content (AvgIpc) is 2.84. The van der Waals surface area contributed by atoms with Crippen LogP contribution in [0.2, 0.25) is 0 Å². The quantitative estimate of drug-likeness (QED) is 0.399. The van der Waals surface area contributed by atoms with Crippen LogP contribution in [0.25, 0.3) is 0 Å². The molecule has 2 aliphatic rings. The number of anilines is 2. The number of carbonyl (C=O) groups is 2. The van der Waals surface area contributed by atoms with E-state index in [0.717, 1.165) is 24.8 Å². The van der Waals surface area contributed by atoms with E-state index in [0.29, 0.717) is 5.69 Å². The molecule has 1 atom stereocenters. The molecule has 0 bridgehead atoms. The summed E-state index contributed by atoms with van der Waals surface area (Å²) in [6.07, 6.45) is 2.41. The molecule has 0 aliphatic carbocycles. The van der Waals surface area contributed by atoms with Crippen LogP contribution >= 0.6 is 0 Å². The molecule has 1 amide bonds. The highest BCUT2D eigenvalue weighted by molar-refractivity contribution is 5.99. The number of amides is 1. The van der Waals surface area contributed by atoms with Gasteiger partial charge in [-0.15, -0.1) is 0 Å². The van der Waals surface area contributed by atoms with Crippen molar-refractivity contribution in [3.8, 4) is 11.5 Å². The first kappa shape index (κ1) is 22.4. The predicted octanol–water partition coefficient (Wildman–Crippen LogP) is 3.54. The summed E-state index contributed by atoms with van der Waals surface area (Å²) in [5, 5.41) is 14.1. The number of esters is 1. The number of hydrogen-bond acceptors (Lipinski definition) is 8. The summed E-state index contributed by atoms with van der Waals surface area (Å²) in [4.78, 5) is 38.2. The number of carbonyl (C=O) groups excluding carboxylic acids is 2. The van der Waals surface area contributed by atoms with Crippen molar-refractivity contribution in [2.75, 3.05) is 36.5 Å². The van der Waals surface area contributed by atoms with Crippen LogP contribution < -0.4 is 19.7 Å². The molecule has 0 aromatic heterocycles. The van der Waals surface area contributed by atoms with E-state index in [1.54, 1.807) is 12.1 Å². The Morgan fingerprint density at radius 3 is 2.33 bits per heavy atom. The van der Waals surface area contributed by atoms with Crippen molar-refractivity contribution in [2.45, 2.75) is 32.3 Å². The van der Waals surface area contributed by atoms with Gasteiger partial charge >= 0.3 is 5.97 Å². The van der Waals surface area contributed by atoms with Crippen molar-refractivity contribution in [2.24, 2.45) is 0 Å². The van der Waals surface area contributed by atoms with Gasteiger partial charge in [0.2, 0.25) is 0 Å². The van der Waals surface area contributed by atoms with Gasteiger partial charge < -0.3 is 24.4 Å². The van der Waals surface area contributed by atoms with Crippen molar-refractivity contribution in [1.29, 1.82) is 0 Å². The van der Waals surface area contributed by atoms with Gasteiger partial charge in [0.25, 0.3) is 11.6 Å². The Kier molecular flexibility index (Phi) is 6.62. The molecule has 1 saturated heterocycles. The van der Waals surface area contributed by atoms with Crippen LogP contribution in [0.4, 0.5) is 17.1 Å². The second-order valence-corrected chi connectivity index (χ2v) is 7.90. The van der Waals surface area contributed by atoms with Crippen LogP contribution in [0, 0.1) is 10.1 Å². The molecule has 2 aromatic rings. The maximum atomic E-state index is 12.6. The van der Waals surface area contributed by atoms with E-state index < -0.39 is 28.6 Å². The molecule has 1 fully saturated rings. The lowest BCUT2D eigenvalue weighted by Gasteiger charge is -2.28. The van der Waals surface area contributed by atoms with E-state index in [1.165, 1.54) is 32.3 Å². The Hall–Kier alpha value is -3.82. The molecule has 4 rings (SSSR count). The second-order valence-electron chi connectivity index (χ2n) is 7.90. The van der Waals surface area contributed by atoms with E-state index in [2.05, 4.69) is 10.2 Å². The largest absolute Gasteiger partial charge is 0.486 e. The lowest BCUT2D eigenvalue weighted by atomic mass is 10.1. The Morgan fingerprint density at radius 1 is 1.06 bits per heavy atom. The summed E-state index contributed by atoms with van der Waals surface area (Å²) in [6.45, 7) is 3.95. The van der Waals surface area contributed by atoms with Gasteiger partial charge in [0, 0.05) is 30.5 Å². The third-order valence-electron chi connectivity index (χ3n) is 5.59. The van der Waals surface area contributed by atoms with Gasteiger partial charge in [-0.3, -0.25) is 14.9 Å². The number of ether oxygens (including phenoxy) is 3. The average molecular weight is 455 g/mol. The first-order valence-corrected chi connectivity index (χ1v) is 10.9. The number of hydrogen-bond donors (Lipinski definition) is 1. The molecular weight excluding hydrogens is 430 g/mol. The predicted molar refractivity (Wildman–Crippen MR) is 120 cm³/mol. The number of nitrogens with zero attached hydrogens (tertiary/aromatic N) is 2. The molecule has 10 heteroatoms. The molecule has 10 nitrogen and oxygen atoms in total. The van der Waals surface area contributed by atoms with Crippen LogP contribution in [-0.4, -0.2) is 49.2 Å². The van der Waals surface area contributed by atoms with Gasteiger partial charge in [0.1, 0.15) is 18.8 Å². The minimum atomic E-state index is -1.17. The van der Waals surface area contributed by atoms with E-state index in [-0.39, 0.29) is 30.3 Å². The number of rotatable bonds is 6. The number of nitro groups is 1. The van der Waals surface area contributed by atoms with Gasteiger partial charge in [-0.2, -0.15) is 0 Å². The Morgan fingerprint density at radius 2 is 1.70 bits per heavy atom. The lowest BCUT2D eigenvalue weighted by molar-refractivity contribution is -0.385. The Bertz CT molecular complexity index is 1050. The maximum Gasteiger partial charge on any atom is 0.346 e. The normalized spacial score (nSPS) is 16.0. The third-order valence-corrected chi connectivity index (χ3v) is 5.59. The molecule has 0 saturated carbocycles. The highest BCUT2D eigenvalue weighted by Gasteiger charge is 2.29. The van der Waals surface area contributed by atoms with Crippen molar-refractivity contribution in [3.05, 3.63) is 52.1 Å². The van der Waals surface area contributed by atoms with Crippen molar-refractivity contribution >= 4 is 28.9 Å². The number of nitro benzene ring substituents is 1. The zero-order valence-electron chi connectivity index (χ0n) is 18.2. The third kappa shape index (κ3) is 5.16. The molecule has 33 heavy (non-hydrogen) atoms. The van der Waals surface area contributed by atoms with Crippen molar-refractivity contribution in [1.82, 2.24) is 0 Å². The van der Waals surface area contributed by atoms with Crippen LogP contribution in [-0.2, 0) is 9.53 Å². The zero-order valence-corrected chi connectivity index (χ0v) is 18.2. The molecule has 1 unspecified atom stereocenters. The number of piperidine rings is 1. The molecule has 0 radical (unpaired) electrons. The highest BCUT2D eigenvalue weighted by Crippen LogP contribution is 2.37. The molecule has 2 heterocycles. The van der Waals surface area contributed by atoms with Crippen molar-refractivity contribution < 1.29 is 28.7 Å². The maximum absolute atomic E-state index is 12.6. The SMILES string of the molecule is CC(OC(=O)c1cc2c(cc1[N+](=O)[O-])OCCO2)C(=O)Nc1ccc(N2CCCCC2)cc1. The summed E-state index contributed by atoms with van der Waals surface area (Å²) in [5.74, 6) is -1.15. The molecular formula is C23H25N3O7. The number of benzene rings is 2.